The minimum Gasteiger partial charge on any atom is -0.397 e. The third kappa shape index (κ3) is 4.42. The van der Waals surface area contributed by atoms with E-state index in [0.29, 0.717) is 5.56 Å². The number of anilines is 2. The van der Waals surface area contributed by atoms with Gasteiger partial charge in [0.2, 0.25) is 0 Å². The number of ketones is 1. The summed E-state index contributed by atoms with van der Waals surface area (Å²) < 4.78 is 1.99. The number of thiazole rings is 1. The maximum absolute atomic E-state index is 11.6. The highest BCUT2D eigenvalue weighted by Crippen LogP contribution is 2.28. The largest absolute Gasteiger partial charge is 0.397 e. The summed E-state index contributed by atoms with van der Waals surface area (Å²) in [4.78, 5) is 20.6. The van der Waals surface area contributed by atoms with Crippen LogP contribution < -0.4 is 5.32 Å². The highest BCUT2D eigenvalue weighted by atomic mass is 32.1. The molecule has 4 rings (SSSR count). The van der Waals surface area contributed by atoms with E-state index < -0.39 is 6.61 Å². The van der Waals surface area contributed by atoms with Crippen LogP contribution in [-0.4, -0.2) is 43.6 Å². The Morgan fingerprint density at radius 3 is 2.82 bits per heavy atom. The smallest absolute Gasteiger partial charge is 0.188 e. The molecule has 0 unspecified atom stereocenters. The molecule has 0 aliphatic heterocycles. The number of hydrogen-bond donors (Lipinski definition) is 3. The Bertz CT molecular complexity index is 1070. The van der Waals surface area contributed by atoms with Crippen molar-refractivity contribution in [1.82, 2.24) is 14.4 Å². The molecule has 0 aliphatic carbocycles. The molecule has 0 saturated heterocycles. The van der Waals surface area contributed by atoms with Crippen molar-refractivity contribution in [3.63, 3.8) is 0 Å². The van der Waals surface area contributed by atoms with Gasteiger partial charge in [-0.15, -0.1) is 11.3 Å². The minimum atomic E-state index is -0.501. The lowest BCUT2D eigenvalue weighted by molar-refractivity contribution is 0.0904. The molecule has 0 radical (unpaired) electrons. The second-order valence-electron chi connectivity index (χ2n) is 5.71. The molecule has 0 aliphatic rings. The van der Waals surface area contributed by atoms with Crippen molar-refractivity contribution in [3.05, 3.63) is 65.8 Å². The number of fused-ring (bicyclic) bond motifs is 1. The fourth-order valence-electron chi connectivity index (χ4n) is 2.56. The van der Waals surface area contributed by atoms with Crippen molar-refractivity contribution in [2.75, 3.05) is 18.5 Å². The summed E-state index contributed by atoms with van der Waals surface area (Å²) in [5.41, 5.74) is 3.83. The minimum absolute atomic E-state index is 0.250. The van der Waals surface area contributed by atoms with E-state index in [-0.39, 0.29) is 12.4 Å². The molecule has 1 aromatic carbocycles. The van der Waals surface area contributed by atoms with Gasteiger partial charge in [-0.25, -0.2) is 9.97 Å². The summed E-state index contributed by atoms with van der Waals surface area (Å²) in [5.74, 6) is -0.311. The SMILES string of the molecule is CCO.O=C(CO)c1cccc(Nc2nc(-c3cnc4ccccn34)cs2)c1. The number of rotatable bonds is 5. The van der Waals surface area contributed by atoms with Crippen molar-refractivity contribution < 1.29 is 15.0 Å². The normalized spacial score (nSPS) is 10.4. The van der Waals surface area contributed by atoms with E-state index in [1.54, 1.807) is 31.3 Å². The summed E-state index contributed by atoms with van der Waals surface area (Å²) in [5, 5.41) is 22.4. The lowest BCUT2D eigenvalue weighted by Gasteiger charge is -2.04. The van der Waals surface area contributed by atoms with Crippen LogP contribution in [-0.2, 0) is 0 Å². The van der Waals surface area contributed by atoms with Crippen molar-refractivity contribution in [3.8, 4) is 11.4 Å². The Kier molecular flexibility index (Phi) is 6.49. The van der Waals surface area contributed by atoms with Gasteiger partial charge in [-0.2, -0.15) is 0 Å². The molecule has 0 fully saturated rings. The molecule has 8 heteroatoms. The third-order valence-electron chi connectivity index (χ3n) is 3.76. The van der Waals surface area contributed by atoms with E-state index in [9.17, 15) is 4.79 Å². The number of carbonyl (C=O) groups is 1. The van der Waals surface area contributed by atoms with Gasteiger partial charge in [0.05, 0.1) is 11.9 Å². The average molecular weight is 396 g/mol. The van der Waals surface area contributed by atoms with Crippen molar-refractivity contribution in [1.29, 1.82) is 0 Å². The number of hydrogen-bond acceptors (Lipinski definition) is 7. The first-order chi connectivity index (χ1) is 13.7. The molecular formula is C20H20N4O3S. The molecule has 28 heavy (non-hydrogen) atoms. The maximum Gasteiger partial charge on any atom is 0.188 e. The number of nitrogens with one attached hydrogen (secondary N) is 1. The van der Waals surface area contributed by atoms with E-state index in [2.05, 4.69) is 15.3 Å². The standard InChI is InChI=1S/C18H14N4O2S.C2H6O/c23-10-16(24)12-4-3-5-13(8-12)20-18-21-14(11-25-18)15-9-19-17-6-1-2-7-22(15)17;1-2-3/h1-9,11,23H,10H2,(H,20,21);3H,2H2,1H3. The number of aliphatic hydroxyl groups is 2. The summed E-state index contributed by atoms with van der Waals surface area (Å²) in [6, 6.07) is 12.8. The zero-order chi connectivity index (χ0) is 19.9. The Morgan fingerprint density at radius 1 is 1.21 bits per heavy atom. The van der Waals surface area contributed by atoms with Gasteiger partial charge in [0.1, 0.15) is 17.9 Å². The van der Waals surface area contributed by atoms with Gasteiger partial charge < -0.3 is 15.5 Å². The van der Waals surface area contributed by atoms with Gasteiger partial charge in [0, 0.05) is 29.4 Å². The van der Waals surface area contributed by atoms with Crippen LogP contribution in [0.4, 0.5) is 10.8 Å². The quantitative estimate of drug-likeness (QED) is 0.447. The zero-order valence-electron chi connectivity index (χ0n) is 15.2. The van der Waals surface area contributed by atoms with Gasteiger partial charge in [-0.05, 0) is 31.2 Å². The molecule has 0 bridgehead atoms. The summed E-state index contributed by atoms with van der Waals surface area (Å²) in [7, 11) is 0. The number of Topliss-reactive ketones (excluding diaryl/α,β-unsaturated/α-hetero) is 1. The van der Waals surface area contributed by atoms with E-state index in [4.69, 9.17) is 10.2 Å². The molecule has 0 saturated carbocycles. The van der Waals surface area contributed by atoms with Crippen LogP contribution in [0.15, 0.2) is 60.2 Å². The van der Waals surface area contributed by atoms with Gasteiger partial charge in [0.15, 0.2) is 10.9 Å². The number of carbonyl (C=O) groups excluding carboxylic acids is 1. The first-order valence-electron chi connectivity index (χ1n) is 8.66. The molecule has 7 nitrogen and oxygen atoms in total. The second-order valence-corrected chi connectivity index (χ2v) is 6.57. The Labute approximate surface area is 166 Å². The van der Waals surface area contributed by atoms with Gasteiger partial charge in [-0.3, -0.25) is 9.20 Å². The molecule has 0 amide bonds. The third-order valence-corrected chi connectivity index (χ3v) is 4.52. The summed E-state index contributed by atoms with van der Waals surface area (Å²) in [6.07, 6.45) is 3.75. The highest BCUT2D eigenvalue weighted by Gasteiger charge is 2.10. The maximum atomic E-state index is 11.6. The predicted molar refractivity (Wildman–Crippen MR) is 110 cm³/mol. The fraction of sp³-hybridized carbons (Fsp3) is 0.150. The summed E-state index contributed by atoms with van der Waals surface area (Å²) >= 11 is 1.47. The summed E-state index contributed by atoms with van der Waals surface area (Å²) in [6.45, 7) is 1.43. The van der Waals surface area contributed by atoms with Crippen LogP contribution in [0.1, 0.15) is 17.3 Å². The second kappa shape index (κ2) is 9.23. The number of imidazole rings is 1. The molecule has 3 aromatic heterocycles. The van der Waals surface area contributed by atoms with E-state index in [1.165, 1.54) is 11.3 Å². The van der Waals surface area contributed by atoms with Crippen molar-refractivity contribution >= 4 is 33.6 Å². The van der Waals surface area contributed by atoms with Gasteiger partial charge in [0.25, 0.3) is 0 Å². The van der Waals surface area contributed by atoms with Crippen LogP contribution in [0.5, 0.6) is 0 Å². The molecule has 144 valence electrons. The molecule has 0 spiro atoms. The fourth-order valence-corrected chi connectivity index (χ4v) is 3.28. The number of benzene rings is 1. The Hall–Kier alpha value is -3.07. The van der Waals surface area contributed by atoms with Crippen LogP contribution in [0.25, 0.3) is 17.0 Å². The van der Waals surface area contributed by atoms with E-state index in [0.717, 1.165) is 27.9 Å². The highest BCUT2D eigenvalue weighted by molar-refractivity contribution is 7.14. The zero-order valence-corrected chi connectivity index (χ0v) is 16.1. The van der Waals surface area contributed by atoms with Crippen molar-refractivity contribution in [2.24, 2.45) is 0 Å². The molecular weight excluding hydrogens is 376 g/mol. The predicted octanol–water partition coefficient (Wildman–Crippen LogP) is 3.38. The lowest BCUT2D eigenvalue weighted by Crippen LogP contribution is -2.04. The van der Waals surface area contributed by atoms with Crippen LogP contribution >= 0.6 is 11.3 Å². The molecule has 0 atom stereocenters. The number of aliphatic hydroxyl groups excluding tert-OH is 2. The first kappa shape index (κ1) is 19.7. The number of nitrogens with zero attached hydrogens (tertiary/aromatic N) is 3. The molecule has 4 aromatic rings. The monoisotopic (exact) mass is 396 g/mol. The Morgan fingerprint density at radius 2 is 2.04 bits per heavy atom. The van der Waals surface area contributed by atoms with Crippen LogP contribution in [0, 0.1) is 0 Å². The first-order valence-corrected chi connectivity index (χ1v) is 9.54. The van der Waals surface area contributed by atoms with Crippen LogP contribution in [0.3, 0.4) is 0 Å². The number of aromatic nitrogens is 3. The molecule has 3 heterocycles. The van der Waals surface area contributed by atoms with Crippen LogP contribution in [0.2, 0.25) is 0 Å². The Balaban J connectivity index is 0.000000706. The topological polar surface area (TPSA) is 99.8 Å². The van der Waals surface area contributed by atoms with E-state index in [1.807, 2.05) is 40.2 Å². The number of pyridine rings is 1. The van der Waals surface area contributed by atoms with Gasteiger partial charge in [-0.1, -0.05) is 18.2 Å². The van der Waals surface area contributed by atoms with Gasteiger partial charge >= 0.3 is 0 Å². The van der Waals surface area contributed by atoms with E-state index >= 15 is 0 Å². The lowest BCUT2D eigenvalue weighted by atomic mass is 10.1. The van der Waals surface area contributed by atoms with Crippen molar-refractivity contribution in [2.45, 2.75) is 6.92 Å². The average Bonchev–Trinajstić information content (AvgIpc) is 3.35. The molecule has 3 N–H and O–H groups in total.